The van der Waals surface area contributed by atoms with Crippen LogP contribution in [0, 0.1) is 5.82 Å². The Kier molecular flexibility index (Phi) is 3.67. The third kappa shape index (κ3) is 3.11. The van der Waals surface area contributed by atoms with E-state index in [1.807, 2.05) is 11.9 Å². The number of benzene rings is 1. The molecule has 0 unspecified atom stereocenters. The van der Waals surface area contributed by atoms with Crippen LogP contribution in [0.3, 0.4) is 0 Å². The van der Waals surface area contributed by atoms with Gasteiger partial charge in [-0.05, 0) is 23.8 Å². The molecule has 2 N–H and O–H groups in total. The van der Waals surface area contributed by atoms with Crippen LogP contribution in [0.25, 0.3) is 0 Å². The lowest BCUT2D eigenvalue weighted by Gasteiger charge is -2.18. The zero-order valence-electron chi connectivity index (χ0n) is 9.90. The van der Waals surface area contributed by atoms with Crippen LogP contribution in [0.5, 0.6) is 0 Å². The summed E-state index contributed by atoms with van der Waals surface area (Å²) in [5.74, 6) is 0.441. The van der Waals surface area contributed by atoms with Crippen molar-refractivity contribution in [3.05, 3.63) is 52.9 Å². The predicted octanol–water partition coefficient (Wildman–Crippen LogP) is 3.09. The quantitative estimate of drug-likeness (QED) is 0.867. The summed E-state index contributed by atoms with van der Waals surface area (Å²) in [6.07, 6.45) is 0. The van der Waals surface area contributed by atoms with Gasteiger partial charge < -0.3 is 10.6 Å². The zero-order chi connectivity index (χ0) is 13.1. The molecule has 0 saturated heterocycles. The first-order chi connectivity index (χ1) is 8.54. The molecule has 94 valence electrons. The van der Waals surface area contributed by atoms with Gasteiger partial charge in [-0.1, -0.05) is 23.7 Å². The summed E-state index contributed by atoms with van der Waals surface area (Å²) in [5.41, 5.74) is 7.26. The summed E-state index contributed by atoms with van der Waals surface area (Å²) in [4.78, 5) is 6.08. The van der Waals surface area contributed by atoms with Crippen molar-refractivity contribution in [2.24, 2.45) is 0 Å². The van der Waals surface area contributed by atoms with E-state index >= 15 is 0 Å². The Hall–Kier alpha value is -1.81. The first-order valence-electron chi connectivity index (χ1n) is 5.43. The number of pyridine rings is 1. The standard InChI is InChI=1S/C13H13ClFN3/c1-18(8-9-2-4-10(15)5-3-9)13-7-11(16)6-12(14)17-13/h2-7H,8H2,1H3,(H2,16,17). The maximum Gasteiger partial charge on any atom is 0.133 e. The number of halogens is 2. The van der Waals surface area contributed by atoms with Gasteiger partial charge in [0, 0.05) is 25.3 Å². The van der Waals surface area contributed by atoms with Crippen LogP contribution in [0.2, 0.25) is 5.15 Å². The van der Waals surface area contributed by atoms with E-state index in [1.165, 1.54) is 12.1 Å². The Balaban J connectivity index is 2.16. The maximum absolute atomic E-state index is 12.8. The number of nitrogens with two attached hydrogens (primary N) is 1. The van der Waals surface area contributed by atoms with Gasteiger partial charge in [-0.25, -0.2) is 9.37 Å². The molecule has 18 heavy (non-hydrogen) atoms. The van der Waals surface area contributed by atoms with E-state index in [0.29, 0.717) is 23.2 Å². The number of rotatable bonds is 3. The molecule has 0 saturated carbocycles. The fraction of sp³-hybridized carbons (Fsp3) is 0.154. The highest BCUT2D eigenvalue weighted by atomic mass is 35.5. The van der Waals surface area contributed by atoms with Crippen molar-refractivity contribution >= 4 is 23.1 Å². The van der Waals surface area contributed by atoms with Gasteiger partial charge in [-0.3, -0.25) is 0 Å². The van der Waals surface area contributed by atoms with E-state index < -0.39 is 0 Å². The Morgan fingerprint density at radius 2 is 1.94 bits per heavy atom. The lowest BCUT2D eigenvalue weighted by atomic mass is 10.2. The topological polar surface area (TPSA) is 42.1 Å². The molecule has 2 aromatic rings. The molecule has 3 nitrogen and oxygen atoms in total. The summed E-state index contributed by atoms with van der Waals surface area (Å²) in [7, 11) is 1.88. The van der Waals surface area contributed by atoms with Gasteiger partial charge in [0.05, 0.1) is 0 Å². The fourth-order valence-corrected chi connectivity index (χ4v) is 1.86. The van der Waals surface area contributed by atoms with Crippen molar-refractivity contribution in [1.29, 1.82) is 0 Å². The van der Waals surface area contributed by atoms with Crippen LogP contribution in [-0.4, -0.2) is 12.0 Å². The van der Waals surface area contributed by atoms with Crippen molar-refractivity contribution in [3.63, 3.8) is 0 Å². The van der Waals surface area contributed by atoms with Gasteiger partial charge in [0.25, 0.3) is 0 Å². The van der Waals surface area contributed by atoms with Crippen LogP contribution in [0.4, 0.5) is 15.9 Å². The molecule has 0 spiro atoms. The Morgan fingerprint density at radius 1 is 1.28 bits per heavy atom. The smallest absolute Gasteiger partial charge is 0.133 e. The molecule has 2 rings (SSSR count). The van der Waals surface area contributed by atoms with E-state index in [4.69, 9.17) is 17.3 Å². The SMILES string of the molecule is CN(Cc1ccc(F)cc1)c1cc(N)cc(Cl)n1. The minimum atomic E-state index is -0.244. The number of hydrogen-bond acceptors (Lipinski definition) is 3. The van der Waals surface area contributed by atoms with Crippen molar-refractivity contribution in [1.82, 2.24) is 4.98 Å². The molecule has 0 radical (unpaired) electrons. The number of aromatic nitrogens is 1. The molecule has 0 aliphatic rings. The highest BCUT2D eigenvalue weighted by Gasteiger charge is 2.06. The first-order valence-corrected chi connectivity index (χ1v) is 5.81. The van der Waals surface area contributed by atoms with Gasteiger partial charge in [0.15, 0.2) is 0 Å². The largest absolute Gasteiger partial charge is 0.399 e. The van der Waals surface area contributed by atoms with Crippen LogP contribution in [0.15, 0.2) is 36.4 Å². The van der Waals surface area contributed by atoms with E-state index in [-0.39, 0.29) is 5.82 Å². The van der Waals surface area contributed by atoms with Gasteiger partial charge in [-0.2, -0.15) is 0 Å². The van der Waals surface area contributed by atoms with Crippen molar-refractivity contribution in [2.75, 3.05) is 17.7 Å². The minimum absolute atomic E-state index is 0.244. The maximum atomic E-state index is 12.8. The summed E-state index contributed by atoms with van der Waals surface area (Å²) in [6.45, 7) is 0.604. The van der Waals surface area contributed by atoms with Gasteiger partial charge >= 0.3 is 0 Å². The third-order valence-electron chi connectivity index (χ3n) is 2.53. The molecule has 0 aliphatic carbocycles. The second kappa shape index (κ2) is 5.23. The first kappa shape index (κ1) is 12.6. The highest BCUT2D eigenvalue weighted by Crippen LogP contribution is 2.20. The van der Waals surface area contributed by atoms with Crippen molar-refractivity contribution in [2.45, 2.75) is 6.54 Å². The molecule has 0 fully saturated rings. The average molecular weight is 266 g/mol. The van der Waals surface area contributed by atoms with E-state index in [2.05, 4.69) is 4.98 Å². The Labute approximate surface area is 110 Å². The summed E-state index contributed by atoms with van der Waals surface area (Å²) in [5, 5.41) is 0.357. The lowest BCUT2D eigenvalue weighted by molar-refractivity contribution is 0.627. The second-order valence-electron chi connectivity index (χ2n) is 4.06. The van der Waals surface area contributed by atoms with Gasteiger partial charge in [0.2, 0.25) is 0 Å². The normalized spacial score (nSPS) is 10.4. The molecular formula is C13H13ClFN3. The average Bonchev–Trinajstić information content (AvgIpc) is 2.31. The van der Waals surface area contributed by atoms with Crippen LogP contribution in [0.1, 0.15) is 5.56 Å². The second-order valence-corrected chi connectivity index (χ2v) is 4.45. The summed E-state index contributed by atoms with van der Waals surface area (Å²) >= 11 is 5.85. The van der Waals surface area contributed by atoms with Crippen LogP contribution < -0.4 is 10.6 Å². The predicted molar refractivity (Wildman–Crippen MR) is 72.2 cm³/mol. The zero-order valence-corrected chi connectivity index (χ0v) is 10.7. The van der Waals surface area contributed by atoms with Crippen LogP contribution in [-0.2, 0) is 6.54 Å². The summed E-state index contributed by atoms with van der Waals surface area (Å²) < 4.78 is 12.8. The molecule has 0 atom stereocenters. The molecule has 0 bridgehead atoms. The van der Waals surface area contributed by atoms with Gasteiger partial charge in [-0.15, -0.1) is 0 Å². The van der Waals surface area contributed by atoms with E-state index in [0.717, 1.165) is 5.56 Å². The minimum Gasteiger partial charge on any atom is -0.399 e. The third-order valence-corrected chi connectivity index (χ3v) is 2.72. The van der Waals surface area contributed by atoms with Crippen molar-refractivity contribution < 1.29 is 4.39 Å². The Bertz CT molecular complexity index is 522. The molecule has 1 heterocycles. The number of anilines is 2. The molecule has 0 aliphatic heterocycles. The van der Waals surface area contributed by atoms with Crippen molar-refractivity contribution in [3.8, 4) is 0 Å². The highest BCUT2D eigenvalue weighted by molar-refractivity contribution is 6.29. The molecular weight excluding hydrogens is 253 g/mol. The number of nitrogen functional groups attached to an aromatic ring is 1. The van der Waals surface area contributed by atoms with E-state index in [9.17, 15) is 4.39 Å². The van der Waals surface area contributed by atoms with Crippen LogP contribution >= 0.6 is 11.6 Å². The number of nitrogens with zero attached hydrogens (tertiary/aromatic N) is 2. The van der Waals surface area contributed by atoms with E-state index in [1.54, 1.807) is 24.3 Å². The fourth-order valence-electron chi connectivity index (χ4n) is 1.64. The monoisotopic (exact) mass is 265 g/mol. The molecule has 5 heteroatoms. The number of hydrogen-bond donors (Lipinski definition) is 1. The summed E-state index contributed by atoms with van der Waals surface area (Å²) in [6, 6.07) is 9.68. The van der Waals surface area contributed by atoms with Gasteiger partial charge in [0.1, 0.15) is 16.8 Å². The lowest BCUT2D eigenvalue weighted by Crippen LogP contribution is -2.17. The molecule has 0 amide bonds. The molecule has 1 aromatic heterocycles. The Morgan fingerprint density at radius 3 is 2.56 bits per heavy atom. The molecule has 1 aromatic carbocycles.